The Kier molecular flexibility index (Phi) is 5.90. The van der Waals surface area contributed by atoms with Crippen molar-refractivity contribution in [1.82, 2.24) is 10.2 Å². The summed E-state index contributed by atoms with van der Waals surface area (Å²) >= 11 is 1.16. The van der Waals surface area contributed by atoms with Crippen LogP contribution in [0.15, 0.2) is 88.5 Å². The van der Waals surface area contributed by atoms with Crippen molar-refractivity contribution < 1.29 is 13.6 Å². The molecule has 150 valence electrons. The van der Waals surface area contributed by atoms with E-state index in [9.17, 15) is 9.18 Å². The summed E-state index contributed by atoms with van der Waals surface area (Å²) in [4.78, 5) is 12.8. The van der Waals surface area contributed by atoms with Crippen LogP contribution in [0.3, 0.4) is 0 Å². The molecule has 1 atom stereocenters. The molecular formula is C23H18FN3O2S. The van der Waals surface area contributed by atoms with Crippen molar-refractivity contribution in [1.29, 1.82) is 0 Å². The molecule has 0 bridgehead atoms. The van der Waals surface area contributed by atoms with E-state index < -0.39 is 5.25 Å². The van der Waals surface area contributed by atoms with E-state index >= 15 is 0 Å². The number of thioether (sulfide) groups is 1. The van der Waals surface area contributed by atoms with Crippen LogP contribution in [0.5, 0.6) is 0 Å². The number of nitrogens with one attached hydrogen (secondary N) is 1. The fourth-order valence-electron chi connectivity index (χ4n) is 2.87. The first-order chi connectivity index (χ1) is 14.6. The van der Waals surface area contributed by atoms with Crippen LogP contribution in [0, 0.1) is 5.82 Å². The number of rotatable bonds is 6. The van der Waals surface area contributed by atoms with Crippen LogP contribution in [0.4, 0.5) is 10.1 Å². The fraction of sp³-hybridized carbons (Fsp3) is 0.0870. The molecule has 3 aromatic carbocycles. The Morgan fingerprint density at radius 1 is 0.933 bits per heavy atom. The van der Waals surface area contributed by atoms with E-state index in [0.717, 1.165) is 28.6 Å². The van der Waals surface area contributed by atoms with E-state index in [0.29, 0.717) is 5.56 Å². The normalized spacial score (nSPS) is 11.8. The van der Waals surface area contributed by atoms with E-state index in [1.807, 2.05) is 54.6 Å². The summed E-state index contributed by atoms with van der Waals surface area (Å²) in [6, 6.07) is 23.3. The SMILES string of the molecule is C[C@H](Sc1nnc(-c2ccc(F)cc2)o1)C(=O)Nc1ccccc1-c1ccccc1. The molecule has 0 saturated heterocycles. The molecular weight excluding hydrogens is 401 g/mol. The number of para-hydroxylation sites is 1. The zero-order chi connectivity index (χ0) is 20.9. The third kappa shape index (κ3) is 4.58. The lowest BCUT2D eigenvalue weighted by Crippen LogP contribution is -2.22. The lowest BCUT2D eigenvalue weighted by Gasteiger charge is -2.14. The molecule has 1 amide bonds. The van der Waals surface area contributed by atoms with Crippen LogP contribution in [-0.4, -0.2) is 21.4 Å². The predicted molar refractivity (Wildman–Crippen MR) is 116 cm³/mol. The van der Waals surface area contributed by atoms with E-state index in [1.165, 1.54) is 12.1 Å². The zero-order valence-corrected chi connectivity index (χ0v) is 16.9. The zero-order valence-electron chi connectivity index (χ0n) is 16.1. The lowest BCUT2D eigenvalue weighted by atomic mass is 10.0. The summed E-state index contributed by atoms with van der Waals surface area (Å²) in [5, 5.41) is 10.7. The highest BCUT2D eigenvalue weighted by atomic mass is 32.2. The maximum absolute atomic E-state index is 13.1. The van der Waals surface area contributed by atoms with Crippen LogP contribution >= 0.6 is 11.8 Å². The van der Waals surface area contributed by atoms with Crippen molar-refractivity contribution in [3.63, 3.8) is 0 Å². The lowest BCUT2D eigenvalue weighted by molar-refractivity contribution is -0.115. The van der Waals surface area contributed by atoms with Gasteiger partial charge in [0.2, 0.25) is 11.8 Å². The third-order valence-electron chi connectivity index (χ3n) is 4.41. The molecule has 0 aliphatic heterocycles. The Bertz CT molecular complexity index is 1150. The minimum Gasteiger partial charge on any atom is -0.411 e. The summed E-state index contributed by atoms with van der Waals surface area (Å²) in [7, 11) is 0. The molecule has 0 radical (unpaired) electrons. The molecule has 0 spiro atoms. The van der Waals surface area contributed by atoms with Gasteiger partial charge in [-0.2, -0.15) is 0 Å². The van der Waals surface area contributed by atoms with E-state index in [2.05, 4.69) is 15.5 Å². The molecule has 5 nitrogen and oxygen atoms in total. The number of carbonyl (C=O) groups is 1. The molecule has 0 aliphatic carbocycles. The minimum absolute atomic E-state index is 0.176. The first kappa shape index (κ1) is 19.8. The average molecular weight is 419 g/mol. The second-order valence-electron chi connectivity index (χ2n) is 6.54. The van der Waals surface area contributed by atoms with Gasteiger partial charge < -0.3 is 9.73 Å². The van der Waals surface area contributed by atoms with Crippen LogP contribution < -0.4 is 5.32 Å². The molecule has 0 fully saturated rings. The molecule has 0 aliphatic rings. The monoisotopic (exact) mass is 419 g/mol. The number of hydrogen-bond donors (Lipinski definition) is 1. The standard InChI is InChI=1S/C23H18FN3O2S/c1-15(30-23-27-26-22(29-23)17-11-13-18(24)14-12-17)21(28)25-20-10-6-5-9-19(20)16-7-3-2-4-8-16/h2-15H,1H3,(H,25,28)/t15-/m0/s1. The minimum atomic E-state index is -0.463. The Labute approximate surface area is 177 Å². The number of carbonyl (C=O) groups excluding carboxylic acids is 1. The second-order valence-corrected chi connectivity index (χ2v) is 7.83. The molecule has 7 heteroatoms. The predicted octanol–water partition coefficient (Wildman–Crippen LogP) is 5.66. The van der Waals surface area contributed by atoms with Crippen LogP contribution in [0.1, 0.15) is 6.92 Å². The van der Waals surface area contributed by atoms with Crippen LogP contribution in [0.25, 0.3) is 22.6 Å². The van der Waals surface area contributed by atoms with Gasteiger partial charge in [0.1, 0.15) is 5.82 Å². The molecule has 30 heavy (non-hydrogen) atoms. The Morgan fingerprint density at radius 2 is 1.63 bits per heavy atom. The third-order valence-corrected chi connectivity index (χ3v) is 5.35. The number of anilines is 1. The summed E-state index contributed by atoms with van der Waals surface area (Å²) in [5.74, 6) is -0.238. The van der Waals surface area contributed by atoms with Crippen molar-refractivity contribution in [2.24, 2.45) is 0 Å². The summed E-state index contributed by atoms with van der Waals surface area (Å²) in [6.07, 6.45) is 0. The van der Waals surface area contributed by atoms with E-state index in [4.69, 9.17) is 4.42 Å². The van der Waals surface area contributed by atoms with Gasteiger partial charge in [0.25, 0.3) is 5.22 Å². The summed E-state index contributed by atoms with van der Waals surface area (Å²) in [5.41, 5.74) is 3.32. The van der Waals surface area contributed by atoms with Crippen molar-refractivity contribution >= 4 is 23.4 Å². The number of halogens is 1. The maximum Gasteiger partial charge on any atom is 0.277 e. The van der Waals surface area contributed by atoms with Crippen molar-refractivity contribution in [3.05, 3.63) is 84.7 Å². The molecule has 0 saturated carbocycles. The fourth-order valence-corrected chi connectivity index (χ4v) is 3.55. The Hall–Kier alpha value is -3.45. The highest BCUT2D eigenvalue weighted by Gasteiger charge is 2.20. The molecule has 0 unspecified atom stereocenters. The molecule has 4 rings (SSSR count). The van der Waals surface area contributed by atoms with Gasteiger partial charge in [-0.05, 0) is 42.8 Å². The largest absolute Gasteiger partial charge is 0.411 e. The Balaban J connectivity index is 1.45. The van der Waals surface area contributed by atoms with Gasteiger partial charge in [-0.3, -0.25) is 4.79 Å². The van der Waals surface area contributed by atoms with Gasteiger partial charge in [-0.25, -0.2) is 4.39 Å². The molecule has 1 heterocycles. The number of aromatic nitrogens is 2. The molecule has 1 N–H and O–H groups in total. The van der Waals surface area contributed by atoms with Crippen LogP contribution in [-0.2, 0) is 4.79 Å². The average Bonchev–Trinajstić information content (AvgIpc) is 3.23. The maximum atomic E-state index is 13.1. The number of amides is 1. The summed E-state index contributed by atoms with van der Waals surface area (Å²) < 4.78 is 18.7. The van der Waals surface area contributed by atoms with Crippen molar-refractivity contribution in [2.75, 3.05) is 5.32 Å². The molecule has 4 aromatic rings. The first-order valence-electron chi connectivity index (χ1n) is 9.31. The van der Waals surface area contributed by atoms with Gasteiger partial charge in [0, 0.05) is 16.8 Å². The smallest absolute Gasteiger partial charge is 0.277 e. The van der Waals surface area contributed by atoms with Gasteiger partial charge in [-0.15, -0.1) is 10.2 Å². The Morgan fingerprint density at radius 3 is 2.40 bits per heavy atom. The number of nitrogens with zero attached hydrogens (tertiary/aromatic N) is 2. The van der Waals surface area contributed by atoms with Crippen molar-refractivity contribution in [2.45, 2.75) is 17.4 Å². The van der Waals surface area contributed by atoms with E-state index in [-0.39, 0.29) is 22.8 Å². The van der Waals surface area contributed by atoms with Crippen molar-refractivity contribution in [3.8, 4) is 22.6 Å². The van der Waals surface area contributed by atoms with Gasteiger partial charge in [-0.1, -0.05) is 60.3 Å². The molecule has 1 aromatic heterocycles. The number of benzene rings is 3. The van der Waals surface area contributed by atoms with Gasteiger partial charge in [0.15, 0.2) is 0 Å². The number of hydrogen-bond acceptors (Lipinski definition) is 5. The van der Waals surface area contributed by atoms with Gasteiger partial charge in [0.05, 0.1) is 5.25 Å². The van der Waals surface area contributed by atoms with Crippen LogP contribution in [0.2, 0.25) is 0 Å². The second kappa shape index (κ2) is 8.92. The first-order valence-corrected chi connectivity index (χ1v) is 10.2. The van der Waals surface area contributed by atoms with Gasteiger partial charge >= 0.3 is 0 Å². The summed E-state index contributed by atoms with van der Waals surface area (Å²) in [6.45, 7) is 1.77. The highest BCUT2D eigenvalue weighted by molar-refractivity contribution is 8.00. The highest BCUT2D eigenvalue weighted by Crippen LogP contribution is 2.30. The topological polar surface area (TPSA) is 68.0 Å². The quantitative estimate of drug-likeness (QED) is 0.408. The van der Waals surface area contributed by atoms with E-state index in [1.54, 1.807) is 19.1 Å².